The fraction of sp³-hybridized carbons (Fsp3) is 0.545. The summed E-state index contributed by atoms with van der Waals surface area (Å²) in [6.07, 6.45) is 3.08. The Kier molecular flexibility index (Phi) is 3.52. The largest absolute Gasteiger partial charge is 0.377 e. The summed E-state index contributed by atoms with van der Waals surface area (Å²) < 4.78 is 10.7. The third-order valence-electron chi connectivity index (χ3n) is 2.91. The first kappa shape index (κ1) is 11.8. The molecule has 1 fully saturated rings. The van der Waals surface area contributed by atoms with Crippen LogP contribution in [-0.2, 0) is 9.47 Å². The van der Waals surface area contributed by atoms with Crippen LogP contribution in [0.3, 0.4) is 0 Å². The maximum Gasteiger partial charge on any atom is 0.183 e. The van der Waals surface area contributed by atoms with Gasteiger partial charge in [0.25, 0.3) is 0 Å². The van der Waals surface area contributed by atoms with Crippen LogP contribution in [0.5, 0.6) is 0 Å². The van der Waals surface area contributed by atoms with Crippen molar-refractivity contribution in [2.24, 2.45) is 0 Å². The zero-order valence-electron chi connectivity index (χ0n) is 9.83. The molecular weight excluding hydrogens is 220 g/mol. The van der Waals surface area contributed by atoms with E-state index in [1.165, 1.54) is 6.20 Å². The Bertz CT molecular complexity index is 420. The number of hydrogen-bond acceptors (Lipinski definition) is 6. The highest BCUT2D eigenvalue weighted by Gasteiger charge is 2.34. The van der Waals surface area contributed by atoms with Crippen molar-refractivity contribution < 1.29 is 9.47 Å². The maximum atomic E-state index is 8.98. The minimum absolute atomic E-state index is 0.00597. The quantitative estimate of drug-likeness (QED) is 0.744. The number of nitriles is 1. The topological polar surface area (TPSA) is 71.3 Å². The molecule has 2 unspecified atom stereocenters. The van der Waals surface area contributed by atoms with Crippen LogP contribution in [0.2, 0.25) is 0 Å². The van der Waals surface area contributed by atoms with Crippen LogP contribution in [0, 0.1) is 11.3 Å². The van der Waals surface area contributed by atoms with E-state index in [1.54, 1.807) is 20.4 Å². The van der Waals surface area contributed by atoms with E-state index in [0.717, 1.165) is 0 Å². The third kappa shape index (κ3) is 2.20. The van der Waals surface area contributed by atoms with Crippen molar-refractivity contribution in [3.05, 3.63) is 18.1 Å². The van der Waals surface area contributed by atoms with Gasteiger partial charge in [0.2, 0.25) is 0 Å². The fourth-order valence-electron chi connectivity index (χ4n) is 2.01. The smallest absolute Gasteiger partial charge is 0.183 e. The first-order chi connectivity index (χ1) is 8.30. The summed E-state index contributed by atoms with van der Waals surface area (Å²) in [5.41, 5.74) is 0.333. The molecule has 0 amide bonds. The van der Waals surface area contributed by atoms with Crippen molar-refractivity contribution in [3.63, 3.8) is 0 Å². The van der Waals surface area contributed by atoms with Gasteiger partial charge in [-0.1, -0.05) is 0 Å². The molecule has 6 nitrogen and oxygen atoms in total. The average Bonchev–Trinajstić information content (AvgIpc) is 2.81. The van der Waals surface area contributed by atoms with E-state index in [4.69, 9.17) is 14.7 Å². The Morgan fingerprint density at radius 2 is 1.82 bits per heavy atom. The highest BCUT2D eigenvalue weighted by Crippen LogP contribution is 2.23. The summed E-state index contributed by atoms with van der Waals surface area (Å²) in [5.74, 6) is 0.594. The van der Waals surface area contributed by atoms with E-state index >= 15 is 0 Å². The summed E-state index contributed by atoms with van der Waals surface area (Å²) in [7, 11) is 3.31. The first-order valence-corrected chi connectivity index (χ1v) is 5.31. The van der Waals surface area contributed by atoms with Crippen LogP contribution >= 0.6 is 0 Å². The lowest BCUT2D eigenvalue weighted by molar-refractivity contribution is -0.00461. The second-order valence-electron chi connectivity index (χ2n) is 3.79. The highest BCUT2D eigenvalue weighted by atomic mass is 16.5. The lowest BCUT2D eigenvalue weighted by Gasteiger charge is -2.16. The molecule has 1 aliphatic rings. The third-order valence-corrected chi connectivity index (χ3v) is 2.91. The van der Waals surface area contributed by atoms with Crippen LogP contribution in [0.15, 0.2) is 12.4 Å². The summed E-state index contributed by atoms with van der Waals surface area (Å²) in [4.78, 5) is 10.2. The lowest BCUT2D eigenvalue weighted by atomic mass is 10.3. The maximum absolute atomic E-state index is 8.98. The minimum atomic E-state index is -0.00597. The number of aromatic nitrogens is 2. The van der Waals surface area contributed by atoms with E-state index in [9.17, 15) is 0 Å². The van der Waals surface area contributed by atoms with Crippen molar-refractivity contribution in [1.29, 1.82) is 5.26 Å². The monoisotopic (exact) mass is 234 g/mol. The molecule has 2 heterocycles. The molecule has 0 saturated carbocycles. The van der Waals surface area contributed by atoms with Crippen LogP contribution in [-0.4, -0.2) is 49.5 Å². The van der Waals surface area contributed by atoms with Crippen LogP contribution in [0.25, 0.3) is 0 Å². The summed E-state index contributed by atoms with van der Waals surface area (Å²) in [6.45, 7) is 1.31. The molecule has 0 spiro atoms. The van der Waals surface area contributed by atoms with Gasteiger partial charge in [0.15, 0.2) is 11.5 Å². The van der Waals surface area contributed by atoms with E-state index in [2.05, 4.69) is 9.97 Å². The molecule has 0 radical (unpaired) electrons. The van der Waals surface area contributed by atoms with Crippen molar-refractivity contribution in [3.8, 4) is 6.07 Å². The predicted molar refractivity (Wildman–Crippen MR) is 60.6 cm³/mol. The van der Waals surface area contributed by atoms with Gasteiger partial charge in [-0.3, -0.25) is 0 Å². The molecule has 2 atom stereocenters. The van der Waals surface area contributed by atoms with Crippen molar-refractivity contribution in [2.75, 3.05) is 32.2 Å². The molecule has 1 aromatic rings. The van der Waals surface area contributed by atoms with E-state index in [1.807, 2.05) is 11.0 Å². The highest BCUT2D eigenvalue weighted by molar-refractivity contribution is 5.50. The van der Waals surface area contributed by atoms with Crippen molar-refractivity contribution >= 4 is 5.82 Å². The predicted octanol–water partition coefficient (Wildman–Crippen LogP) is 0.198. The summed E-state index contributed by atoms with van der Waals surface area (Å²) in [5, 5.41) is 8.98. The molecule has 0 aliphatic carbocycles. The average molecular weight is 234 g/mol. The zero-order valence-corrected chi connectivity index (χ0v) is 9.83. The molecule has 0 aromatic carbocycles. The number of hydrogen-bond donors (Lipinski definition) is 0. The molecule has 17 heavy (non-hydrogen) atoms. The van der Waals surface area contributed by atoms with Crippen molar-refractivity contribution in [2.45, 2.75) is 12.2 Å². The van der Waals surface area contributed by atoms with Gasteiger partial charge in [0.1, 0.15) is 18.3 Å². The van der Waals surface area contributed by atoms with E-state index in [0.29, 0.717) is 24.6 Å². The SMILES string of the molecule is COC1CN(c2nccnc2C#N)CC1OC. The van der Waals surface area contributed by atoms with Gasteiger partial charge in [0, 0.05) is 39.7 Å². The molecule has 6 heteroatoms. The van der Waals surface area contributed by atoms with Gasteiger partial charge in [-0.2, -0.15) is 5.26 Å². The Balaban J connectivity index is 2.22. The van der Waals surface area contributed by atoms with E-state index in [-0.39, 0.29) is 12.2 Å². The summed E-state index contributed by atoms with van der Waals surface area (Å²) >= 11 is 0. The van der Waals surface area contributed by atoms with E-state index < -0.39 is 0 Å². The normalized spacial score (nSPS) is 23.7. The molecule has 1 aromatic heterocycles. The summed E-state index contributed by atoms with van der Waals surface area (Å²) in [6, 6.07) is 2.04. The lowest BCUT2D eigenvalue weighted by Crippen LogP contribution is -2.27. The van der Waals surface area contributed by atoms with Gasteiger partial charge in [-0.25, -0.2) is 9.97 Å². The Hall–Kier alpha value is -1.71. The molecule has 2 rings (SSSR count). The fourth-order valence-corrected chi connectivity index (χ4v) is 2.01. The first-order valence-electron chi connectivity index (χ1n) is 5.31. The molecular formula is C11H14N4O2. The van der Waals surface area contributed by atoms with Gasteiger partial charge >= 0.3 is 0 Å². The molecule has 90 valence electrons. The van der Waals surface area contributed by atoms with Crippen molar-refractivity contribution in [1.82, 2.24) is 9.97 Å². The van der Waals surface area contributed by atoms with Gasteiger partial charge in [-0.15, -0.1) is 0 Å². The van der Waals surface area contributed by atoms with Gasteiger partial charge < -0.3 is 14.4 Å². The van der Waals surface area contributed by atoms with Gasteiger partial charge in [-0.05, 0) is 0 Å². The number of nitrogens with zero attached hydrogens (tertiary/aromatic N) is 4. The number of anilines is 1. The Labute approximate surface area is 99.8 Å². The van der Waals surface area contributed by atoms with Crippen LogP contribution in [0.1, 0.15) is 5.69 Å². The molecule has 1 aliphatic heterocycles. The Morgan fingerprint density at radius 3 is 2.35 bits per heavy atom. The standard InChI is InChI=1S/C11H14N4O2/c1-16-9-6-15(7-10(9)17-2)11-8(5-12)13-3-4-14-11/h3-4,9-10H,6-7H2,1-2H3. The molecule has 0 N–H and O–H groups in total. The second-order valence-corrected chi connectivity index (χ2v) is 3.79. The molecule has 1 saturated heterocycles. The van der Waals surface area contributed by atoms with Crippen LogP contribution in [0.4, 0.5) is 5.82 Å². The van der Waals surface area contributed by atoms with Crippen LogP contribution < -0.4 is 4.90 Å². The zero-order chi connectivity index (χ0) is 12.3. The number of ether oxygens (including phenoxy) is 2. The van der Waals surface area contributed by atoms with Gasteiger partial charge in [0.05, 0.1) is 0 Å². The number of methoxy groups -OCH3 is 2. The Morgan fingerprint density at radius 1 is 1.24 bits per heavy atom. The minimum Gasteiger partial charge on any atom is -0.377 e. The molecule has 0 bridgehead atoms. The number of rotatable bonds is 3. The second kappa shape index (κ2) is 5.08.